The molecule has 1 aliphatic rings. The van der Waals surface area contributed by atoms with Gasteiger partial charge < -0.3 is 14.5 Å². The molecule has 0 atom stereocenters. The minimum absolute atomic E-state index is 0.276. The Kier molecular flexibility index (Phi) is 5.72. The zero-order chi connectivity index (χ0) is 21.3. The van der Waals surface area contributed by atoms with Crippen molar-refractivity contribution >= 4 is 28.2 Å². The lowest BCUT2D eigenvalue weighted by molar-refractivity contribution is 0.0526. The SMILES string of the molecule is CCOC(=O)c1c(NC(=O)c2cc(-c3ccc(F)cc3)oc2C)sc2c1CCCC2. The molecule has 0 bridgehead atoms. The van der Waals surface area contributed by atoms with Gasteiger partial charge in [-0.05, 0) is 75.4 Å². The number of hydrogen-bond acceptors (Lipinski definition) is 5. The maximum atomic E-state index is 13.2. The summed E-state index contributed by atoms with van der Waals surface area (Å²) in [6, 6.07) is 7.52. The van der Waals surface area contributed by atoms with Crippen LogP contribution < -0.4 is 5.32 Å². The van der Waals surface area contributed by atoms with Gasteiger partial charge in [0, 0.05) is 10.4 Å². The van der Waals surface area contributed by atoms with Gasteiger partial charge in [-0.3, -0.25) is 4.79 Å². The summed E-state index contributed by atoms with van der Waals surface area (Å²) in [7, 11) is 0. The van der Waals surface area contributed by atoms with Crippen molar-refractivity contribution in [2.75, 3.05) is 11.9 Å². The molecule has 4 rings (SSSR count). The minimum Gasteiger partial charge on any atom is -0.462 e. The number of amides is 1. The largest absolute Gasteiger partial charge is 0.462 e. The van der Waals surface area contributed by atoms with E-state index in [0.717, 1.165) is 36.1 Å². The first kappa shape index (κ1) is 20.3. The number of fused-ring (bicyclic) bond motifs is 1. The van der Waals surface area contributed by atoms with E-state index in [1.54, 1.807) is 32.0 Å². The standard InChI is InChI=1S/C23H22FNO4S/c1-3-28-23(27)20-16-6-4-5-7-19(16)30-22(20)25-21(26)17-12-18(29-13(17)2)14-8-10-15(24)11-9-14/h8-12H,3-7H2,1-2H3,(H,25,26). The fourth-order valence-corrected chi connectivity index (χ4v) is 4.98. The van der Waals surface area contributed by atoms with Crippen molar-refractivity contribution in [3.05, 3.63) is 63.5 Å². The Morgan fingerprint density at radius 1 is 1.20 bits per heavy atom. The highest BCUT2D eigenvalue weighted by Crippen LogP contribution is 2.39. The number of furan rings is 1. The number of carbonyl (C=O) groups is 2. The summed E-state index contributed by atoms with van der Waals surface area (Å²) in [5, 5.41) is 3.42. The van der Waals surface area contributed by atoms with E-state index in [2.05, 4.69) is 5.32 Å². The molecule has 1 aromatic carbocycles. The molecule has 0 saturated heterocycles. The second-order valence-corrected chi connectivity index (χ2v) is 8.28. The van der Waals surface area contributed by atoms with Gasteiger partial charge in [-0.25, -0.2) is 9.18 Å². The third-order valence-corrected chi connectivity index (χ3v) is 6.38. The van der Waals surface area contributed by atoms with Crippen LogP contribution in [-0.2, 0) is 17.6 Å². The van der Waals surface area contributed by atoms with Crippen LogP contribution in [0.3, 0.4) is 0 Å². The molecular formula is C23H22FNO4S. The summed E-state index contributed by atoms with van der Waals surface area (Å²) in [4.78, 5) is 26.7. The average molecular weight is 427 g/mol. The number of ether oxygens (including phenoxy) is 1. The van der Waals surface area contributed by atoms with Crippen LogP contribution in [0.15, 0.2) is 34.7 Å². The normalized spacial score (nSPS) is 13.0. The highest BCUT2D eigenvalue weighted by molar-refractivity contribution is 7.17. The molecule has 2 aromatic heterocycles. The summed E-state index contributed by atoms with van der Waals surface area (Å²) in [5.41, 5.74) is 2.52. The highest BCUT2D eigenvalue weighted by Gasteiger charge is 2.28. The molecule has 5 nitrogen and oxygen atoms in total. The quantitative estimate of drug-likeness (QED) is 0.526. The van der Waals surface area contributed by atoms with Crippen molar-refractivity contribution in [1.29, 1.82) is 0 Å². The van der Waals surface area contributed by atoms with Gasteiger partial charge in [0.2, 0.25) is 0 Å². The van der Waals surface area contributed by atoms with Crippen LogP contribution >= 0.6 is 11.3 Å². The first-order chi connectivity index (χ1) is 14.5. The highest BCUT2D eigenvalue weighted by atomic mass is 32.1. The molecule has 0 spiro atoms. The van der Waals surface area contributed by atoms with Gasteiger partial charge in [0.15, 0.2) is 0 Å². The van der Waals surface area contributed by atoms with Crippen molar-refractivity contribution in [3.63, 3.8) is 0 Å². The van der Waals surface area contributed by atoms with E-state index in [4.69, 9.17) is 9.15 Å². The number of rotatable bonds is 5. The van der Waals surface area contributed by atoms with Crippen molar-refractivity contribution in [2.24, 2.45) is 0 Å². The van der Waals surface area contributed by atoms with Gasteiger partial charge in [0.05, 0.1) is 17.7 Å². The Hall–Kier alpha value is -2.93. The molecule has 1 aliphatic carbocycles. The summed E-state index contributed by atoms with van der Waals surface area (Å²) in [6.07, 6.45) is 3.81. The lowest BCUT2D eigenvalue weighted by Gasteiger charge is -2.12. The number of esters is 1. The zero-order valence-corrected chi connectivity index (χ0v) is 17.7. The fraction of sp³-hybridized carbons (Fsp3) is 0.304. The van der Waals surface area contributed by atoms with Crippen molar-refractivity contribution in [3.8, 4) is 11.3 Å². The molecule has 30 heavy (non-hydrogen) atoms. The molecule has 0 radical (unpaired) electrons. The van der Waals surface area contributed by atoms with Gasteiger partial charge >= 0.3 is 5.97 Å². The van der Waals surface area contributed by atoms with Crippen LogP contribution in [0.5, 0.6) is 0 Å². The first-order valence-corrected chi connectivity index (χ1v) is 10.8. The number of halogens is 1. The Morgan fingerprint density at radius 2 is 1.93 bits per heavy atom. The van der Waals surface area contributed by atoms with Gasteiger partial charge in [0.25, 0.3) is 5.91 Å². The van der Waals surface area contributed by atoms with Gasteiger partial charge in [-0.2, -0.15) is 0 Å². The van der Waals surface area contributed by atoms with Crippen LogP contribution in [-0.4, -0.2) is 18.5 Å². The summed E-state index contributed by atoms with van der Waals surface area (Å²) >= 11 is 1.44. The monoisotopic (exact) mass is 427 g/mol. The number of benzene rings is 1. The van der Waals surface area contributed by atoms with Crippen LogP contribution in [0, 0.1) is 12.7 Å². The van der Waals surface area contributed by atoms with Crippen LogP contribution in [0.1, 0.15) is 56.7 Å². The number of anilines is 1. The third-order valence-electron chi connectivity index (χ3n) is 5.17. The van der Waals surface area contributed by atoms with E-state index >= 15 is 0 Å². The van der Waals surface area contributed by atoms with Crippen LogP contribution in [0.4, 0.5) is 9.39 Å². The third kappa shape index (κ3) is 3.89. The Bertz CT molecular complexity index is 1100. The molecular weight excluding hydrogens is 405 g/mol. The molecule has 0 unspecified atom stereocenters. The van der Waals surface area contributed by atoms with Gasteiger partial charge in [-0.15, -0.1) is 11.3 Å². The number of hydrogen-bond donors (Lipinski definition) is 1. The van der Waals surface area contributed by atoms with Crippen LogP contribution in [0.2, 0.25) is 0 Å². The fourth-order valence-electron chi connectivity index (χ4n) is 3.71. The maximum absolute atomic E-state index is 13.2. The van der Waals surface area contributed by atoms with Crippen molar-refractivity contribution in [1.82, 2.24) is 0 Å². The topological polar surface area (TPSA) is 68.5 Å². The van der Waals surface area contributed by atoms with E-state index < -0.39 is 5.97 Å². The van der Waals surface area contributed by atoms with E-state index in [9.17, 15) is 14.0 Å². The molecule has 7 heteroatoms. The average Bonchev–Trinajstić information content (AvgIpc) is 3.29. The molecule has 2 heterocycles. The van der Waals surface area contributed by atoms with Gasteiger partial charge in [0.1, 0.15) is 22.3 Å². The Morgan fingerprint density at radius 3 is 2.67 bits per heavy atom. The van der Waals surface area contributed by atoms with Crippen molar-refractivity contribution < 1.29 is 23.1 Å². The Labute approximate surface area is 177 Å². The van der Waals surface area contributed by atoms with Gasteiger partial charge in [-0.1, -0.05) is 0 Å². The first-order valence-electron chi connectivity index (χ1n) is 9.97. The van der Waals surface area contributed by atoms with E-state index in [0.29, 0.717) is 33.2 Å². The lowest BCUT2D eigenvalue weighted by atomic mass is 9.95. The zero-order valence-electron chi connectivity index (χ0n) is 16.8. The number of nitrogens with one attached hydrogen (secondary N) is 1. The van der Waals surface area contributed by atoms with E-state index in [1.165, 1.54) is 23.5 Å². The molecule has 0 fully saturated rings. The molecule has 1 N–H and O–H groups in total. The molecule has 1 amide bonds. The Balaban J connectivity index is 1.64. The molecule has 0 saturated carbocycles. The summed E-state index contributed by atoms with van der Waals surface area (Å²) in [5.74, 6) is -0.162. The molecule has 3 aromatic rings. The molecule has 156 valence electrons. The lowest BCUT2D eigenvalue weighted by Crippen LogP contribution is -2.16. The van der Waals surface area contributed by atoms with E-state index in [-0.39, 0.29) is 18.3 Å². The number of thiophene rings is 1. The van der Waals surface area contributed by atoms with Crippen molar-refractivity contribution in [2.45, 2.75) is 39.5 Å². The summed E-state index contributed by atoms with van der Waals surface area (Å²) < 4.78 is 24.1. The number of aryl methyl sites for hydroxylation is 2. The second-order valence-electron chi connectivity index (χ2n) is 7.18. The maximum Gasteiger partial charge on any atom is 0.341 e. The predicted octanol–water partition coefficient (Wildman–Crippen LogP) is 5.76. The van der Waals surface area contributed by atoms with Crippen LogP contribution in [0.25, 0.3) is 11.3 Å². The molecule has 0 aliphatic heterocycles. The second kappa shape index (κ2) is 8.44. The number of carbonyl (C=O) groups excluding carboxylic acids is 2. The summed E-state index contributed by atoms with van der Waals surface area (Å²) in [6.45, 7) is 3.74. The predicted molar refractivity (Wildman–Crippen MR) is 114 cm³/mol. The smallest absolute Gasteiger partial charge is 0.341 e. The minimum atomic E-state index is -0.400. The van der Waals surface area contributed by atoms with E-state index in [1.807, 2.05) is 0 Å².